The third-order valence-corrected chi connectivity index (χ3v) is 1.10. The van der Waals surface area contributed by atoms with Gasteiger partial charge in [0, 0.05) is 0 Å². The third-order valence-electron chi connectivity index (χ3n) is 1.10. The summed E-state index contributed by atoms with van der Waals surface area (Å²) in [5.41, 5.74) is 5.08. The van der Waals surface area contributed by atoms with Gasteiger partial charge in [-0.3, -0.25) is 10.1 Å². The van der Waals surface area contributed by atoms with Crippen molar-refractivity contribution < 1.29 is 9.34 Å². The molecule has 1 heterocycles. The van der Waals surface area contributed by atoms with Crippen molar-refractivity contribution in [2.45, 2.75) is 6.54 Å². The van der Waals surface area contributed by atoms with Crippen molar-refractivity contribution in [3.8, 4) is 0 Å². The van der Waals surface area contributed by atoms with Crippen LogP contribution in [0.2, 0.25) is 0 Å². The van der Waals surface area contributed by atoms with Gasteiger partial charge in [0.15, 0.2) is 5.76 Å². The number of furan rings is 1. The van der Waals surface area contributed by atoms with Crippen LogP contribution in [0.3, 0.4) is 0 Å². The van der Waals surface area contributed by atoms with E-state index in [0.717, 1.165) is 0 Å². The molecule has 54 valence electrons. The van der Waals surface area contributed by atoms with Crippen molar-refractivity contribution >= 4 is 5.69 Å². The summed E-state index contributed by atoms with van der Waals surface area (Å²) < 4.78 is 4.71. The van der Waals surface area contributed by atoms with Crippen LogP contribution in [0.15, 0.2) is 16.7 Å². The van der Waals surface area contributed by atoms with Gasteiger partial charge in [0.25, 0.3) is 0 Å². The standard InChI is InChI=1S/C5H6N2O3/c6-3-5-4(7(8)9)1-2-10-5/h1-2H,3,6H2. The molecule has 0 aliphatic rings. The molecule has 1 aromatic rings. The van der Waals surface area contributed by atoms with E-state index in [2.05, 4.69) is 0 Å². The molecule has 0 amide bonds. The van der Waals surface area contributed by atoms with Crippen LogP contribution >= 0.6 is 0 Å². The van der Waals surface area contributed by atoms with Crippen LogP contribution in [-0.4, -0.2) is 4.92 Å². The Balaban J connectivity index is 3.01. The molecule has 0 spiro atoms. The summed E-state index contributed by atoms with van der Waals surface area (Å²) in [7, 11) is 0. The molecule has 0 bridgehead atoms. The molecule has 1 rings (SSSR count). The van der Waals surface area contributed by atoms with Gasteiger partial charge < -0.3 is 10.2 Å². The second kappa shape index (κ2) is 2.49. The predicted octanol–water partition coefficient (Wildman–Crippen LogP) is 0.646. The number of nitrogens with zero attached hydrogens (tertiary/aromatic N) is 1. The second-order valence-electron chi connectivity index (χ2n) is 1.69. The lowest BCUT2D eigenvalue weighted by Crippen LogP contribution is -1.98. The Hall–Kier alpha value is -1.36. The fourth-order valence-corrected chi connectivity index (χ4v) is 0.649. The zero-order valence-corrected chi connectivity index (χ0v) is 5.11. The Bertz CT molecular complexity index is 243. The lowest BCUT2D eigenvalue weighted by Gasteiger charge is -1.87. The molecule has 1 aromatic heterocycles. The molecule has 0 radical (unpaired) electrons. The molecule has 0 aliphatic heterocycles. The summed E-state index contributed by atoms with van der Waals surface area (Å²) in [6.45, 7) is 0.0588. The number of nitro groups is 1. The molecule has 0 aliphatic carbocycles. The van der Waals surface area contributed by atoms with Crippen molar-refractivity contribution in [2.75, 3.05) is 0 Å². The first kappa shape index (κ1) is 6.76. The first-order valence-electron chi connectivity index (χ1n) is 2.66. The maximum absolute atomic E-state index is 10.1. The molecular weight excluding hydrogens is 136 g/mol. The van der Waals surface area contributed by atoms with Crippen LogP contribution in [-0.2, 0) is 6.54 Å². The minimum Gasteiger partial charge on any atom is -0.461 e. The summed E-state index contributed by atoms with van der Waals surface area (Å²) in [6.07, 6.45) is 1.25. The quantitative estimate of drug-likeness (QED) is 0.485. The molecule has 5 nitrogen and oxygen atoms in total. The first-order chi connectivity index (χ1) is 4.75. The number of rotatable bonds is 2. The fourth-order valence-electron chi connectivity index (χ4n) is 0.649. The van der Waals surface area contributed by atoms with Gasteiger partial charge in [-0.05, 0) is 0 Å². The molecule has 0 saturated carbocycles. The van der Waals surface area contributed by atoms with E-state index in [1.165, 1.54) is 12.3 Å². The average molecular weight is 142 g/mol. The van der Waals surface area contributed by atoms with E-state index >= 15 is 0 Å². The van der Waals surface area contributed by atoms with Gasteiger partial charge in [0.05, 0.1) is 23.8 Å². The van der Waals surface area contributed by atoms with Crippen molar-refractivity contribution in [1.82, 2.24) is 0 Å². The highest BCUT2D eigenvalue weighted by Crippen LogP contribution is 2.17. The molecule has 0 saturated heterocycles. The maximum Gasteiger partial charge on any atom is 0.311 e. The zero-order chi connectivity index (χ0) is 7.56. The number of hydrogen-bond acceptors (Lipinski definition) is 4. The average Bonchev–Trinajstić information content (AvgIpc) is 2.33. The van der Waals surface area contributed by atoms with E-state index in [9.17, 15) is 10.1 Å². The van der Waals surface area contributed by atoms with Gasteiger partial charge in [-0.25, -0.2) is 0 Å². The van der Waals surface area contributed by atoms with Crippen molar-refractivity contribution in [2.24, 2.45) is 5.73 Å². The monoisotopic (exact) mass is 142 g/mol. The summed E-state index contributed by atoms with van der Waals surface area (Å²) in [6, 6.07) is 1.28. The molecule has 2 N–H and O–H groups in total. The Morgan fingerprint density at radius 3 is 2.90 bits per heavy atom. The van der Waals surface area contributed by atoms with E-state index in [4.69, 9.17) is 10.2 Å². The molecule has 0 unspecified atom stereocenters. The van der Waals surface area contributed by atoms with Gasteiger partial charge >= 0.3 is 5.69 Å². The lowest BCUT2D eigenvalue weighted by molar-refractivity contribution is -0.386. The van der Waals surface area contributed by atoms with Gasteiger partial charge in [-0.2, -0.15) is 0 Å². The van der Waals surface area contributed by atoms with E-state index in [1.54, 1.807) is 0 Å². The van der Waals surface area contributed by atoms with Crippen LogP contribution in [0.1, 0.15) is 5.76 Å². The Morgan fingerprint density at radius 2 is 2.50 bits per heavy atom. The van der Waals surface area contributed by atoms with Gasteiger partial charge in [-0.1, -0.05) is 0 Å². The highest BCUT2D eigenvalue weighted by molar-refractivity contribution is 5.31. The van der Waals surface area contributed by atoms with Gasteiger partial charge in [0.2, 0.25) is 0 Å². The van der Waals surface area contributed by atoms with Crippen LogP contribution < -0.4 is 5.73 Å². The highest BCUT2D eigenvalue weighted by Gasteiger charge is 2.14. The molecule has 5 heteroatoms. The molecule has 0 atom stereocenters. The normalized spacial score (nSPS) is 9.70. The van der Waals surface area contributed by atoms with E-state index in [0.29, 0.717) is 0 Å². The van der Waals surface area contributed by atoms with Crippen LogP contribution in [0.4, 0.5) is 5.69 Å². The summed E-state index contributed by atoms with van der Waals surface area (Å²) in [5.74, 6) is 0.213. The summed E-state index contributed by atoms with van der Waals surface area (Å²) in [4.78, 5) is 9.61. The topological polar surface area (TPSA) is 82.3 Å². The largest absolute Gasteiger partial charge is 0.461 e. The minimum atomic E-state index is -0.522. The summed E-state index contributed by atoms with van der Waals surface area (Å²) >= 11 is 0. The van der Waals surface area contributed by atoms with Gasteiger partial charge in [-0.15, -0.1) is 0 Å². The van der Waals surface area contributed by atoms with E-state index in [-0.39, 0.29) is 18.0 Å². The van der Waals surface area contributed by atoms with Crippen LogP contribution in [0.5, 0.6) is 0 Å². The van der Waals surface area contributed by atoms with E-state index in [1.807, 2.05) is 0 Å². The SMILES string of the molecule is NCc1occc1[N+](=O)[O-]. The number of hydrogen-bond donors (Lipinski definition) is 1. The molecular formula is C5H6N2O3. The fraction of sp³-hybridized carbons (Fsp3) is 0.200. The predicted molar refractivity (Wildman–Crippen MR) is 33.3 cm³/mol. The van der Waals surface area contributed by atoms with Crippen molar-refractivity contribution in [1.29, 1.82) is 0 Å². The molecule has 10 heavy (non-hydrogen) atoms. The molecule has 0 fully saturated rings. The second-order valence-corrected chi connectivity index (χ2v) is 1.69. The summed E-state index contributed by atoms with van der Waals surface area (Å²) in [5, 5.41) is 10.1. The highest BCUT2D eigenvalue weighted by atomic mass is 16.6. The van der Waals surface area contributed by atoms with Crippen molar-refractivity contribution in [3.05, 3.63) is 28.2 Å². The smallest absolute Gasteiger partial charge is 0.311 e. The Labute approximate surface area is 56.6 Å². The van der Waals surface area contributed by atoms with Crippen LogP contribution in [0, 0.1) is 10.1 Å². The van der Waals surface area contributed by atoms with Crippen LogP contribution in [0.25, 0.3) is 0 Å². The van der Waals surface area contributed by atoms with E-state index < -0.39 is 4.92 Å². The first-order valence-corrected chi connectivity index (χ1v) is 2.66. The molecule has 0 aromatic carbocycles. The Kier molecular flexibility index (Phi) is 1.68. The van der Waals surface area contributed by atoms with Gasteiger partial charge in [0.1, 0.15) is 0 Å². The van der Waals surface area contributed by atoms with Crippen molar-refractivity contribution in [3.63, 3.8) is 0 Å². The number of nitrogens with two attached hydrogens (primary N) is 1. The minimum absolute atomic E-state index is 0.0532. The lowest BCUT2D eigenvalue weighted by atomic mass is 10.4. The third kappa shape index (κ3) is 0.985. The maximum atomic E-state index is 10.1. The zero-order valence-electron chi connectivity index (χ0n) is 5.11. The Morgan fingerprint density at radius 1 is 1.80 bits per heavy atom.